The lowest BCUT2D eigenvalue weighted by Gasteiger charge is -2.37. The molecule has 5 heteroatoms. The molecule has 1 aromatic carbocycles. The molecule has 2 aliphatic heterocycles. The predicted molar refractivity (Wildman–Crippen MR) is 99.4 cm³/mol. The van der Waals surface area contributed by atoms with Gasteiger partial charge in [0.05, 0.1) is 10.0 Å². The van der Waals surface area contributed by atoms with E-state index in [-0.39, 0.29) is 5.92 Å². The van der Waals surface area contributed by atoms with Gasteiger partial charge in [0.25, 0.3) is 0 Å². The van der Waals surface area contributed by atoms with Crippen molar-refractivity contribution in [3.8, 4) is 0 Å². The number of carbonyl (C=O) groups excluding carboxylic acids is 1. The lowest BCUT2D eigenvalue weighted by molar-refractivity contribution is -0.138. The van der Waals surface area contributed by atoms with Crippen LogP contribution in [0, 0.1) is 11.8 Å². The number of nitrogens with zero attached hydrogens (tertiary/aromatic N) is 2. The van der Waals surface area contributed by atoms with Gasteiger partial charge in [0.1, 0.15) is 0 Å². The summed E-state index contributed by atoms with van der Waals surface area (Å²) in [5.41, 5.74) is 1.07. The van der Waals surface area contributed by atoms with Crippen molar-refractivity contribution in [2.24, 2.45) is 11.8 Å². The van der Waals surface area contributed by atoms with Crippen LogP contribution >= 0.6 is 23.2 Å². The fourth-order valence-corrected chi connectivity index (χ4v) is 4.28. The number of likely N-dealkylation sites (tertiary alicyclic amines) is 2. The van der Waals surface area contributed by atoms with Crippen molar-refractivity contribution < 1.29 is 4.79 Å². The summed E-state index contributed by atoms with van der Waals surface area (Å²) in [6, 6.07) is 5.79. The molecule has 1 amide bonds. The van der Waals surface area contributed by atoms with Gasteiger partial charge in [-0.2, -0.15) is 0 Å². The quantitative estimate of drug-likeness (QED) is 0.785. The molecule has 0 spiro atoms. The fraction of sp³-hybridized carbons (Fsp3) is 0.632. The summed E-state index contributed by atoms with van der Waals surface area (Å²) < 4.78 is 0. The zero-order chi connectivity index (χ0) is 17.1. The second kappa shape index (κ2) is 8.07. The smallest absolute Gasteiger partial charge is 0.225 e. The van der Waals surface area contributed by atoms with E-state index in [2.05, 4.69) is 16.7 Å². The molecule has 3 nitrogen and oxygen atoms in total. The van der Waals surface area contributed by atoms with Crippen LogP contribution < -0.4 is 0 Å². The van der Waals surface area contributed by atoms with Crippen LogP contribution in [0.3, 0.4) is 0 Å². The van der Waals surface area contributed by atoms with Crippen LogP contribution in [0.1, 0.15) is 38.2 Å². The van der Waals surface area contributed by atoms with Crippen molar-refractivity contribution in [2.45, 2.75) is 39.2 Å². The fourth-order valence-electron chi connectivity index (χ4n) is 3.90. The molecular weight excluding hydrogens is 343 g/mol. The molecule has 132 valence electrons. The molecule has 0 N–H and O–H groups in total. The van der Waals surface area contributed by atoms with E-state index in [1.807, 2.05) is 18.2 Å². The standard InChI is InChI=1S/C19H26Cl2N2O/c1-14-4-3-9-23(12-14)19(24)15-7-10-22(11-8-15)13-16-5-2-6-17(20)18(16)21/h2,5-6,14-15H,3-4,7-13H2,1H3/t14-/m0/s1. The van der Waals surface area contributed by atoms with Gasteiger partial charge in [0.15, 0.2) is 0 Å². The van der Waals surface area contributed by atoms with Crippen molar-refractivity contribution in [3.63, 3.8) is 0 Å². The van der Waals surface area contributed by atoms with E-state index >= 15 is 0 Å². The molecule has 0 aromatic heterocycles. The molecule has 0 bridgehead atoms. The summed E-state index contributed by atoms with van der Waals surface area (Å²) in [5.74, 6) is 1.22. The van der Waals surface area contributed by atoms with Crippen LogP contribution in [-0.2, 0) is 11.3 Å². The maximum absolute atomic E-state index is 12.7. The monoisotopic (exact) mass is 368 g/mol. The largest absolute Gasteiger partial charge is 0.342 e. The van der Waals surface area contributed by atoms with E-state index in [4.69, 9.17) is 23.2 Å². The first-order valence-electron chi connectivity index (χ1n) is 8.98. The van der Waals surface area contributed by atoms with Crippen molar-refractivity contribution in [3.05, 3.63) is 33.8 Å². The molecule has 0 saturated carbocycles. The van der Waals surface area contributed by atoms with Crippen molar-refractivity contribution in [1.29, 1.82) is 0 Å². The summed E-state index contributed by atoms with van der Waals surface area (Å²) in [7, 11) is 0. The Hall–Kier alpha value is -0.770. The third-order valence-electron chi connectivity index (χ3n) is 5.33. The molecule has 1 aromatic rings. The summed E-state index contributed by atoms with van der Waals surface area (Å²) >= 11 is 12.4. The lowest BCUT2D eigenvalue weighted by atomic mass is 9.92. The van der Waals surface area contributed by atoms with Gasteiger partial charge in [0, 0.05) is 25.6 Å². The van der Waals surface area contributed by atoms with Gasteiger partial charge in [-0.05, 0) is 56.3 Å². The molecular formula is C19H26Cl2N2O. The summed E-state index contributed by atoms with van der Waals surface area (Å²) in [6.45, 7) is 6.84. The molecule has 0 radical (unpaired) electrons. The Morgan fingerprint density at radius 2 is 1.92 bits per heavy atom. The minimum Gasteiger partial charge on any atom is -0.342 e. The Balaban J connectivity index is 1.52. The van der Waals surface area contributed by atoms with E-state index in [9.17, 15) is 4.79 Å². The third-order valence-corrected chi connectivity index (χ3v) is 6.19. The molecule has 1 atom stereocenters. The number of hydrogen-bond acceptors (Lipinski definition) is 2. The molecule has 0 aliphatic carbocycles. The van der Waals surface area contributed by atoms with Gasteiger partial charge in [-0.3, -0.25) is 9.69 Å². The topological polar surface area (TPSA) is 23.6 Å². The number of benzene rings is 1. The average Bonchev–Trinajstić information content (AvgIpc) is 2.59. The molecule has 0 unspecified atom stereocenters. The summed E-state index contributed by atoms with van der Waals surface area (Å²) in [4.78, 5) is 17.2. The van der Waals surface area contributed by atoms with E-state index in [1.165, 1.54) is 6.42 Å². The Labute approximate surface area is 154 Å². The Morgan fingerprint density at radius 1 is 1.17 bits per heavy atom. The minimum atomic E-state index is 0.196. The van der Waals surface area contributed by atoms with Crippen LogP contribution in [0.25, 0.3) is 0 Å². The zero-order valence-electron chi connectivity index (χ0n) is 14.3. The normalized spacial score (nSPS) is 23.5. The highest BCUT2D eigenvalue weighted by Crippen LogP contribution is 2.29. The highest BCUT2D eigenvalue weighted by Gasteiger charge is 2.30. The van der Waals surface area contributed by atoms with Gasteiger partial charge in [-0.15, -0.1) is 0 Å². The Bertz CT molecular complexity index is 585. The number of piperidine rings is 2. The highest BCUT2D eigenvalue weighted by atomic mass is 35.5. The van der Waals surface area contributed by atoms with Crippen LogP contribution in [0.5, 0.6) is 0 Å². The molecule has 2 fully saturated rings. The van der Waals surface area contributed by atoms with Crippen LogP contribution in [0.15, 0.2) is 18.2 Å². The van der Waals surface area contributed by atoms with E-state index in [0.29, 0.717) is 21.9 Å². The van der Waals surface area contributed by atoms with Gasteiger partial charge < -0.3 is 4.90 Å². The number of amides is 1. The number of carbonyl (C=O) groups is 1. The van der Waals surface area contributed by atoms with Gasteiger partial charge >= 0.3 is 0 Å². The van der Waals surface area contributed by atoms with Crippen LogP contribution in [0.4, 0.5) is 0 Å². The first-order valence-corrected chi connectivity index (χ1v) is 9.74. The summed E-state index contributed by atoms with van der Waals surface area (Å²) in [5, 5.41) is 1.26. The zero-order valence-corrected chi connectivity index (χ0v) is 15.8. The van der Waals surface area contributed by atoms with E-state index < -0.39 is 0 Å². The van der Waals surface area contributed by atoms with Crippen LogP contribution in [-0.4, -0.2) is 41.9 Å². The SMILES string of the molecule is C[C@H]1CCCN(C(=O)C2CCN(Cc3cccc(Cl)c3Cl)CC2)C1. The molecule has 2 heterocycles. The van der Waals surface area contributed by atoms with E-state index in [1.54, 1.807) is 0 Å². The second-order valence-corrected chi connectivity index (χ2v) is 8.08. The first kappa shape index (κ1) is 18.0. The Morgan fingerprint density at radius 3 is 2.62 bits per heavy atom. The number of hydrogen-bond donors (Lipinski definition) is 0. The van der Waals surface area contributed by atoms with Gasteiger partial charge in [-0.1, -0.05) is 42.3 Å². The maximum atomic E-state index is 12.7. The third kappa shape index (κ3) is 4.25. The van der Waals surface area contributed by atoms with Crippen molar-refractivity contribution in [1.82, 2.24) is 9.80 Å². The van der Waals surface area contributed by atoms with Gasteiger partial charge in [0.2, 0.25) is 5.91 Å². The molecule has 3 rings (SSSR count). The number of halogens is 2. The highest BCUT2D eigenvalue weighted by molar-refractivity contribution is 6.42. The summed E-state index contributed by atoms with van der Waals surface area (Å²) in [6.07, 6.45) is 4.30. The predicted octanol–water partition coefficient (Wildman–Crippen LogP) is 4.46. The lowest BCUT2D eigenvalue weighted by Crippen LogP contribution is -2.45. The minimum absolute atomic E-state index is 0.196. The number of rotatable bonds is 3. The van der Waals surface area contributed by atoms with E-state index in [0.717, 1.165) is 57.5 Å². The maximum Gasteiger partial charge on any atom is 0.225 e. The average molecular weight is 369 g/mol. The Kier molecular flexibility index (Phi) is 6.07. The first-order chi connectivity index (χ1) is 11.5. The molecule has 2 saturated heterocycles. The van der Waals surface area contributed by atoms with Crippen molar-refractivity contribution >= 4 is 29.1 Å². The van der Waals surface area contributed by atoms with Crippen molar-refractivity contribution in [2.75, 3.05) is 26.2 Å². The van der Waals surface area contributed by atoms with Gasteiger partial charge in [-0.25, -0.2) is 0 Å². The molecule has 2 aliphatic rings. The molecule has 24 heavy (non-hydrogen) atoms. The van der Waals surface area contributed by atoms with Crippen LogP contribution in [0.2, 0.25) is 10.0 Å². The second-order valence-electron chi connectivity index (χ2n) is 7.30.